The molecule has 1 saturated heterocycles. The molecule has 0 bridgehead atoms. The van der Waals surface area contributed by atoms with Crippen LogP contribution in [0.5, 0.6) is 0 Å². The second-order valence-corrected chi connectivity index (χ2v) is 12.5. The average molecular weight is 653 g/mol. The monoisotopic (exact) mass is 652 g/mol. The van der Waals surface area contributed by atoms with Gasteiger partial charge in [0.2, 0.25) is 5.91 Å². The van der Waals surface area contributed by atoms with Gasteiger partial charge in [0, 0.05) is 48.1 Å². The standard InChI is InChI=1S/C27H31ClFN7O7S/c1-32-24(38)21(4-6-30)34-22(37)14-36(19-2-3-20-16(10-19)11-23(35-20)44(31,42)43)7-5-27(41,26(36)40)25(39)33-13-15-8-17(28)12-18(29)9-15/h2-3,8-12,21,35,41H,4-7,13-14,30H2,1H3,(H4-,31,32,33,34,37,38,39,42,43)/p+1/t21-,27?,36-/m0/s1. The minimum atomic E-state index is -4.10. The van der Waals surface area contributed by atoms with Crippen LogP contribution in [0.1, 0.15) is 18.4 Å². The maximum atomic E-state index is 14.1. The van der Waals surface area contributed by atoms with Crippen molar-refractivity contribution in [1.82, 2.24) is 25.4 Å². The zero-order chi connectivity index (χ0) is 32.4. The SMILES string of the molecule is CNC(=O)[C@H](CCN)NC(=O)C[N@+]1(c2ccc3[nH]c(S(N)(=O)=O)cc3c2)CCC(O)(C(=O)NCc2cc(F)cc(Cl)c2)C1=O. The molecular formula is C27H32ClFN7O7S+. The van der Waals surface area contributed by atoms with Crippen molar-refractivity contribution in [2.75, 3.05) is 26.7 Å². The third kappa shape index (κ3) is 6.59. The highest BCUT2D eigenvalue weighted by molar-refractivity contribution is 7.89. The molecule has 4 rings (SSSR count). The van der Waals surface area contributed by atoms with E-state index in [4.69, 9.17) is 22.5 Å². The number of nitrogens with zero attached hydrogens (tertiary/aromatic N) is 1. The minimum Gasteiger partial charge on any atom is -0.368 e. The quantitative estimate of drug-likeness (QED) is 0.105. The summed E-state index contributed by atoms with van der Waals surface area (Å²) in [6.07, 6.45) is -0.300. The van der Waals surface area contributed by atoms with E-state index in [1.165, 1.54) is 37.4 Å². The van der Waals surface area contributed by atoms with E-state index in [1.807, 2.05) is 0 Å². The number of hydrogen-bond donors (Lipinski definition) is 7. The van der Waals surface area contributed by atoms with E-state index in [1.54, 1.807) is 0 Å². The maximum absolute atomic E-state index is 14.1. The second-order valence-electron chi connectivity index (χ2n) is 10.5. The number of aromatic amines is 1. The Balaban J connectivity index is 1.70. The summed E-state index contributed by atoms with van der Waals surface area (Å²) in [5, 5.41) is 24.2. The lowest BCUT2D eigenvalue weighted by atomic mass is 10.0. The number of carbonyl (C=O) groups excluding carboxylic acids is 4. The van der Waals surface area contributed by atoms with Crippen LogP contribution in [0.25, 0.3) is 10.9 Å². The van der Waals surface area contributed by atoms with Gasteiger partial charge in [0.25, 0.3) is 27.4 Å². The summed E-state index contributed by atoms with van der Waals surface area (Å²) in [6.45, 7) is -1.03. The summed E-state index contributed by atoms with van der Waals surface area (Å²) < 4.78 is 36.7. The van der Waals surface area contributed by atoms with Crippen molar-refractivity contribution in [2.45, 2.75) is 36.1 Å². The lowest BCUT2D eigenvalue weighted by molar-refractivity contribution is -0.155. The van der Waals surface area contributed by atoms with Gasteiger partial charge < -0.3 is 31.8 Å². The number of hydrogen-bond acceptors (Lipinski definition) is 8. The van der Waals surface area contributed by atoms with Crippen molar-refractivity contribution in [1.29, 1.82) is 0 Å². The first-order valence-corrected chi connectivity index (χ1v) is 15.3. The molecule has 4 amide bonds. The van der Waals surface area contributed by atoms with Gasteiger partial charge in [0.15, 0.2) is 6.54 Å². The number of fused-ring (bicyclic) bond motifs is 1. The maximum Gasteiger partial charge on any atom is 0.361 e. The first-order chi connectivity index (χ1) is 20.6. The van der Waals surface area contributed by atoms with Crippen LogP contribution >= 0.6 is 11.6 Å². The molecule has 44 heavy (non-hydrogen) atoms. The Hall–Kier alpha value is -3.93. The highest BCUT2D eigenvalue weighted by Gasteiger charge is 2.63. The molecule has 1 aromatic heterocycles. The van der Waals surface area contributed by atoms with E-state index in [-0.39, 0.29) is 47.4 Å². The van der Waals surface area contributed by atoms with Crippen LogP contribution in [0.3, 0.4) is 0 Å². The fourth-order valence-electron chi connectivity index (χ4n) is 5.26. The first-order valence-electron chi connectivity index (χ1n) is 13.4. The molecule has 3 aromatic rings. The number of aliphatic hydroxyl groups is 1. The first kappa shape index (κ1) is 33.0. The smallest absolute Gasteiger partial charge is 0.361 e. The summed E-state index contributed by atoms with van der Waals surface area (Å²) in [4.78, 5) is 55.7. The number of carbonyl (C=O) groups is 4. The lowest BCUT2D eigenvalue weighted by Gasteiger charge is -2.32. The van der Waals surface area contributed by atoms with Crippen LogP contribution in [0.4, 0.5) is 10.1 Å². The van der Waals surface area contributed by atoms with Gasteiger partial charge in [-0.3, -0.25) is 14.4 Å². The van der Waals surface area contributed by atoms with Crippen molar-refractivity contribution in [3.05, 3.63) is 58.9 Å². The van der Waals surface area contributed by atoms with Crippen molar-refractivity contribution in [3.8, 4) is 0 Å². The van der Waals surface area contributed by atoms with E-state index in [0.29, 0.717) is 10.9 Å². The van der Waals surface area contributed by atoms with Gasteiger partial charge in [0.1, 0.15) is 22.6 Å². The summed E-state index contributed by atoms with van der Waals surface area (Å²) in [5.74, 6) is -4.03. The molecule has 1 fully saturated rings. The van der Waals surface area contributed by atoms with Gasteiger partial charge >= 0.3 is 5.91 Å². The number of aromatic nitrogens is 1. The molecule has 0 saturated carbocycles. The Bertz CT molecular complexity index is 1730. The Kier molecular flexibility index (Phi) is 9.43. The van der Waals surface area contributed by atoms with Crippen LogP contribution in [-0.4, -0.2) is 80.5 Å². The van der Waals surface area contributed by atoms with E-state index >= 15 is 0 Å². The number of amides is 4. The average Bonchev–Trinajstić information content (AvgIpc) is 3.51. The van der Waals surface area contributed by atoms with Gasteiger partial charge in [-0.25, -0.2) is 27.2 Å². The number of sulfonamides is 1. The third-order valence-electron chi connectivity index (χ3n) is 7.50. The summed E-state index contributed by atoms with van der Waals surface area (Å²) in [6, 6.07) is 8.21. The molecule has 1 aliphatic heterocycles. The number of H-pyrrole nitrogens is 1. The highest BCUT2D eigenvalue weighted by Crippen LogP contribution is 2.38. The molecule has 3 atom stereocenters. The minimum absolute atomic E-state index is 0.0737. The summed E-state index contributed by atoms with van der Waals surface area (Å²) in [5.41, 5.74) is 3.79. The number of nitrogens with one attached hydrogen (secondary N) is 4. The number of likely N-dealkylation sites (tertiary alicyclic amines) is 1. The number of quaternary nitrogens is 1. The Morgan fingerprint density at radius 3 is 2.57 bits per heavy atom. The van der Waals surface area contributed by atoms with Crippen LogP contribution < -0.4 is 31.3 Å². The van der Waals surface area contributed by atoms with Gasteiger partial charge in [-0.2, -0.15) is 0 Å². The fourth-order valence-corrected chi connectivity index (χ4v) is 6.05. The number of benzene rings is 2. The summed E-state index contributed by atoms with van der Waals surface area (Å²) in [7, 11) is -2.72. The zero-order valence-corrected chi connectivity index (χ0v) is 25.1. The van der Waals surface area contributed by atoms with Crippen molar-refractivity contribution >= 4 is 61.8 Å². The van der Waals surface area contributed by atoms with Crippen molar-refractivity contribution in [2.24, 2.45) is 10.9 Å². The number of halogens is 2. The highest BCUT2D eigenvalue weighted by atomic mass is 35.5. The fraction of sp³-hybridized carbons (Fsp3) is 0.333. The number of rotatable bonds is 11. The molecule has 9 N–H and O–H groups in total. The molecule has 236 valence electrons. The molecule has 0 radical (unpaired) electrons. The van der Waals surface area contributed by atoms with Crippen LogP contribution in [0.15, 0.2) is 47.5 Å². The molecule has 0 aliphatic carbocycles. The molecule has 1 aliphatic rings. The molecule has 1 unspecified atom stereocenters. The summed E-state index contributed by atoms with van der Waals surface area (Å²) >= 11 is 5.88. The number of primary sulfonamides is 1. The van der Waals surface area contributed by atoms with Crippen molar-refractivity contribution < 1.29 is 37.1 Å². The third-order valence-corrected chi connectivity index (χ3v) is 8.55. The van der Waals surface area contributed by atoms with Gasteiger partial charge in [0.05, 0.1) is 6.54 Å². The van der Waals surface area contributed by atoms with Gasteiger partial charge in [-0.1, -0.05) is 11.6 Å². The normalized spacial score (nSPS) is 20.8. The number of likely N-dealkylation sites (N-methyl/N-ethyl adjacent to an activating group) is 1. The van der Waals surface area contributed by atoms with Crippen LogP contribution in [0, 0.1) is 5.82 Å². The van der Waals surface area contributed by atoms with Crippen LogP contribution in [0.2, 0.25) is 5.02 Å². The Morgan fingerprint density at radius 1 is 1.20 bits per heavy atom. The molecular weight excluding hydrogens is 621 g/mol. The molecule has 0 spiro atoms. The van der Waals surface area contributed by atoms with Crippen LogP contribution in [-0.2, 0) is 35.7 Å². The zero-order valence-electron chi connectivity index (χ0n) is 23.5. The predicted octanol–water partition coefficient (Wildman–Crippen LogP) is -0.527. The predicted molar refractivity (Wildman–Crippen MR) is 159 cm³/mol. The molecule has 2 aromatic carbocycles. The van der Waals surface area contributed by atoms with Crippen molar-refractivity contribution in [3.63, 3.8) is 0 Å². The van der Waals surface area contributed by atoms with E-state index in [0.717, 1.165) is 12.1 Å². The second kappa shape index (κ2) is 12.6. The number of nitrogens with two attached hydrogens (primary N) is 2. The van der Waals surface area contributed by atoms with Gasteiger partial charge in [-0.05, 0) is 48.9 Å². The van der Waals surface area contributed by atoms with E-state index in [2.05, 4.69) is 20.9 Å². The molecule has 14 nitrogen and oxygen atoms in total. The molecule has 17 heteroatoms. The lowest BCUT2D eigenvalue weighted by Crippen LogP contribution is -2.63. The Labute approximate surface area is 256 Å². The van der Waals surface area contributed by atoms with E-state index in [9.17, 15) is 37.1 Å². The Morgan fingerprint density at radius 2 is 1.93 bits per heavy atom. The van der Waals surface area contributed by atoms with E-state index < -0.39 is 68.6 Å². The largest absolute Gasteiger partial charge is 0.368 e. The molecule has 2 heterocycles. The van der Waals surface area contributed by atoms with Gasteiger partial charge in [-0.15, -0.1) is 0 Å². The topological polar surface area (TPSA) is 227 Å².